The maximum absolute atomic E-state index is 5.50. The molecule has 102 valence electrons. The van der Waals surface area contributed by atoms with E-state index in [1.807, 2.05) is 17.8 Å². The fraction of sp³-hybridized carbons (Fsp3) is 0.357. The lowest BCUT2D eigenvalue weighted by Crippen LogP contribution is -2.02. The number of nitrogens with zero attached hydrogens (tertiary/aromatic N) is 1. The van der Waals surface area contributed by atoms with Gasteiger partial charge in [0.25, 0.3) is 0 Å². The zero-order chi connectivity index (χ0) is 13.3. The minimum atomic E-state index is 0.611. The molecular weight excluding hydrogens is 260 g/mol. The van der Waals surface area contributed by atoms with Gasteiger partial charge in [0.05, 0.1) is 31.9 Å². The summed E-state index contributed by atoms with van der Waals surface area (Å²) in [6, 6.07) is 8.25. The lowest BCUT2D eigenvalue weighted by atomic mass is 10.2. The molecule has 0 bridgehead atoms. The fourth-order valence-corrected chi connectivity index (χ4v) is 2.16. The second-order valence-electron chi connectivity index (χ2n) is 4.07. The molecule has 0 spiro atoms. The molecular formula is C14H18N2O2S. The molecule has 1 aromatic carbocycles. The van der Waals surface area contributed by atoms with Crippen LogP contribution in [-0.4, -0.2) is 25.3 Å². The van der Waals surface area contributed by atoms with Crippen molar-refractivity contribution in [2.75, 3.05) is 25.6 Å². The highest BCUT2D eigenvalue weighted by Gasteiger charge is 1.98. The van der Waals surface area contributed by atoms with E-state index >= 15 is 0 Å². The summed E-state index contributed by atoms with van der Waals surface area (Å²) in [5, 5.41) is 3.38. The topological polar surface area (TPSA) is 43.4 Å². The van der Waals surface area contributed by atoms with Crippen LogP contribution in [0.15, 0.2) is 36.0 Å². The monoisotopic (exact) mass is 278 g/mol. The molecule has 1 N–H and O–H groups in total. The third-order valence-corrected chi connectivity index (χ3v) is 3.36. The van der Waals surface area contributed by atoms with Gasteiger partial charge in [0.1, 0.15) is 0 Å². The third-order valence-electron chi connectivity index (χ3n) is 2.58. The molecule has 0 saturated carbocycles. The van der Waals surface area contributed by atoms with Crippen LogP contribution in [0.5, 0.6) is 0 Å². The van der Waals surface area contributed by atoms with Crippen LogP contribution in [-0.2, 0) is 22.6 Å². The largest absolute Gasteiger partial charge is 0.382 e. The maximum Gasteiger partial charge on any atom is 0.0794 e. The van der Waals surface area contributed by atoms with E-state index in [1.165, 1.54) is 4.88 Å². The molecule has 2 rings (SSSR count). The zero-order valence-corrected chi connectivity index (χ0v) is 11.8. The van der Waals surface area contributed by atoms with Crippen LogP contribution in [0, 0.1) is 0 Å². The van der Waals surface area contributed by atoms with Gasteiger partial charge in [-0.2, -0.15) is 0 Å². The molecule has 5 heteroatoms. The van der Waals surface area contributed by atoms with Crippen molar-refractivity contribution >= 4 is 17.0 Å². The van der Waals surface area contributed by atoms with Crippen molar-refractivity contribution in [3.63, 3.8) is 0 Å². The molecule has 1 heterocycles. The van der Waals surface area contributed by atoms with Crippen molar-refractivity contribution in [1.82, 2.24) is 4.98 Å². The Hall–Kier alpha value is -1.43. The van der Waals surface area contributed by atoms with Gasteiger partial charge in [-0.1, -0.05) is 12.1 Å². The first-order valence-corrected chi connectivity index (χ1v) is 7.03. The van der Waals surface area contributed by atoms with Gasteiger partial charge in [-0.05, 0) is 17.7 Å². The van der Waals surface area contributed by atoms with Crippen LogP contribution in [0.1, 0.15) is 10.4 Å². The van der Waals surface area contributed by atoms with E-state index in [9.17, 15) is 0 Å². The van der Waals surface area contributed by atoms with Crippen molar-refractivity contribution in [3.8, 4) is 0 Å². The fourth-order valence-electron chi connectivity index (χ4n) is 1.62. The Balaban J connectivity index is 1.81. The molecule has 0 aliphatic rings. The molecule has 0 aliphatic carbocycles. The molecule has 0 amide bonds. The van der Waals surface area contributed by atoms with Crippen molar-refractivity contribution in [2.45, 2.75) is 13.2 Å². The van der Waals surface area contributed by atoms with Gasteiger partial charge >= 0.3 is 0 Å². The average Bonchev–Trinajstić information content (AvgIpc) is 2.95. The highest BCUT2D eigenvalue weighted by molar-refractivity contribution is 7.09. The number of anilines is 1. The van der Waals surface area contributed by atoms with E-state index in [0.29, 0.717) is 19.8 Å². The van der Waals surface area contributed by atoms with Gasteiger partial charge in [-0.3, -0.25) is 4.98 Å². The second kappa shape index (κ2) is 7.89. The van der Waals surface area contributed by atoms with Crippen LogP contribution in [0.2, 0.25) is 0 Å². The predicted octanol–water partition coefficient (Wildman–Crippen LogP) is 2.92. The van der Waals surface area contributed by atoms with Gasteiger partial charge in [0.15, 0.2) is 0 Å². The molecule has 0 aliphatic heterocycles. The number of aromatic nitrogens is 1. The first kappa shape index (κ1) is 14.0. The van der Waals surface area contributed by atoms with Crippen molar-refractivity contribution < 1.29 is 9.47 Å². The molecule has 4 nitrogen and oxygen atoms in total. The summed E-state index contributed by atoms with van der Waals surface area (Å²) in [5.41, 5.74) is 4.10. The molecule has 0 fully saturated rings. The van der Waals surface area contributed by atoms with E-state index in [2.05, 4.69) is 28.5 Å². The van der Waals surface area contributed by atoms with E-state index in [0.717, 1.165) is 17.8 Å². The van der Waals surface area contributed by atoms with Gasteiger partial charge in [-0.25, -0.2) is 0 Å². The van der Waals surface area contributed by atoms with Gasteiger partial charge < -0.3 is 14.8 Å². The normalized spacial score (nSPS) is 10.6. The summed E-state index contributed by atoms with van der Waals surface area (Å²) < 4.78 is 10.4. The maximum atomic E-state index is 5.50. The number of methoxy groups -OCH3 is 1. The first-order chi connectivity index (χ1) is 9.38. The minimum absolute atomic E-state index is 0.611. The summed E-state index contributed by atoms with van der Waals surface area (Å²) in [6.07, 6.45) is 1.88. The van der Waals surface area contributed by atoms with Crippen molar-refractivity contribution in [2.24, 2.45) is 0 Å². The molecule has 2 aromatic rings. The minimum Gasteiger partial charge on any atom is -0.382 e. The van der Waals surface area contributed by atoms with Crippen LogP contribution in [0.3, 0.4) is 0 Å². The second-order valence-corrected chi connectivity index (χ2v) is 5.04. The summed E-state index contributed by atoms with van der Waals surface area (Å²) in [5.74, 6) is 0. The quantitative estimate of drug-likeness (QED) is 0.754. The van der Waals surface area contributed by atoms with Crippen LogP contribution in [0.25, 0.3) is 0 Å². The van der Waals surface area contributed by atoms with Gasteiger partial charge in [0, 0.05) is 23.9 Å². The van der Waals surface area contributed by atoms with Gasteiger partial charge in [0.2, 0.25) is 0 Å². The Bertz CT molecular complexity index is 474. The highest BCUT2D eigenvalue weighted by Crippen LogP contribution is 2.14. The van der Waals surface area contributed by atoms with Crippen LogP contribution >= 0.6 is 11.3 Å². The smallest absolute Gasteiger partial charge is 0.0794 e. The molecule has 0 saturated heterocycles. The third kappa shape index (κ3) is 4.98. The Morgan fingerprint density at radius 2 is 2.26 bits per heavy atom. The van der Waals surface area contributed by atoms with Gasteiger partial charge in [-0.15, -0.1) is 11.3 Å². The number of benzene rings is 1. The molecule has 1 aromatic heterocycles. The van der Waals surface area contributed by atoms with E-state index < -0.39 is 0 Å². The Morgan fingerprint density at radius 3 is 3.05 bits per heavy atom. The lowest BCUT2D eigenvalue weighted by molar-refractivity contribution is 0.0617. The van der Waals surface area contributed by atoms with Crippen LogP contribution < -0.4 is 5.32 Å². The molecule has 19 heavy (non-hydrogen) atoms. The van der Waals surface area contributed by atoms with Crippen molar-refractivity contribution in [1.29, 1.82) is 0 Å². The molecule has 0 radical (unpaired) electrons. The first-order valence-electron chi connectivity index (χ1n) is 6.15. The predicted molar refractivity (Wildman–Crippen MR) is 77.4 cm³/mol. The molecule has 0 unspecified atom stereocenters. The van der Waals surface area contributed by atoms with E-state index in [-0.39, 0.29) is 0 Å². The summed E-state index contributed by atoms with van der Waals surface area (Å²) in [4.78, 5) is 5.28. The Morgan fingerprint density at radius 1 is 1.32 bits per heavy atom. The highest BCUT2D eigenvalue weighted by atomic mass is 32.1. The average molecular weight is 278 g/mol. The zero-order valence-electron chi connectivity index (χ0n) is 11.0. The number of ether oxygens (including phenoxy) is 2. The van der Waals surface area contributed by atoms with Crippen molar-refractivity contribution in [3.05, 3.63) is 46.4 Å². The Kier molecular flexibility index (Phi) is 5.81. The SMILES string of the molecule is COCCOCc1cccc(NCc2cncs2)c1. The van der Waals surface area contributed by atoms with E-state index in [1.54, 1.807) is 18.4 Å². The summed E-state index contributed by atoms with van der Waals surface area (Å²) in [7, 11) is 1.67. The Labute approximate surface area is 117 Å². The lowest BCUT2D eigenvalue weighted by Gasteiger charge is -2.08. The number of nitrogens with one attached hydrogen (secondary N) is 1. The number of rotatable bonds is 8. The summed E-state index contributed by atoms with van der Waals surface area (Å²) >= 11 is 1.65. The van der Waals surface area contributed by atoms with Crippen LogP contribution in [0.4, 0.5) is 5.69 Å². The number of hydrogen-bond acceptors (Lipinski definition) is 5. The summed E-state index contributed by atoms with van der Waals surface area (Å²) in [6.45, 7) is 2.66. The molecule has 0 atom stereocenters. The standard InChI is InChI=1S/C14H18N2O2S/c1-17-5-6-18-10-12-3-2-4-13(7-12)16-9-14-8-15-11-19-14/h2-4,7-8,11,16H,5-6,9-10H2,1H3. The number of hydrogen-bond donors (Lipinski definition) is 1. The van der Waals surface area contributed by atoms with E-state index in [4.69, 9.17) is 9.47 Å². The number of thiazole rings is 1.